The third-order valence-corrected chi connectivity index (χ3v) is 4.50. The summed E-state index contributed by atoms with van der Waals surface area (Å²) in [6.45, 7) is 4.22. The van der Waals surface area contributed by atoms with Crippen LogP contribution in [0.15, 0.2) is 60.6 Å². The fourth-order valence-corrected chi connectivity index (χ4v) is 2.96. The number of hydrogen-bond acceptors (Lipinski definition) is 4. The Balaban J connectivity index is 1.92. The van der Waals surface area contributed by atoms with Crippen LogP contribution in [-0.2, 0) is 19.0 Å². The van der Waals surface area contributed by atoms with Gasteiger partial charge in [-0.3, -0.25) is 4.79 Å². The van der Waals surface area contributed by atoms with E-state index in [-0.39, 0.29) is 18.6 Å². The molecule has 0 spiro atoms. The molecule has 0 fully saturated rings. The van der Waals surface area contributed by atoms with Crippen molar-refractivity contribution in [3.63, 3.8) is 0 Å². The lowest BCUT2D eigenvalue weighted by atomic mass is 9.98. The number of allylic oxidation sites excluding steroid dienone is 2. The molecule has 5 nitrogen and oxygen atoms in total. The van der Waals surface area contributed by atoms with Crippen molar-refractivity contribution < 1.29 is 19.0 Å². The van der Waals surface area contributed by atoms with Crippen LogP contribution in [0.5, 0.6) is 0 Å². The molecule has 1 aliphatic rings. The average molecular weight is 402 g/mol. The van der Waals surface area contributed by atoms with E-state index in [0.717, 1.165) is 11.3 Å². The molecule has 2 unspecified atom stereocenters. The molecule has 0 heterocycles. The van der Waals surface area contributed by atoms with Crippen LogP contribution < -0.4 is 5.32 Å². The maximum Gasteiger partial charge on any atom is 0.265 e. The van der Waals surface area contributed by atoms with Gasteiger partial charge in [0.2, 0.25) is 6.10 Å². The molecule has 1 aliphatic carbocycles. The summed E-state index contributed by atoms with van der Waals surface area (Å²) in [7, 11) is 1.63. The number of rotatable bonds is 10. The van der Waals surface area contributed by atoms with E-state index in [4.69, 9.17) is 32.2 Å². The number of nitrogens with one attached hydrogen (secondary N) is 1. The summed E-state index contributed by atoms with van der Waals surface area (Å²) in [6.07, 6.45) is 10.8. The van der Waals surface area contributed by atoms with E-state index in [2.05, 4.69) is 17.8 Å². The number of benzene rings is 1. The molecule has 0 saturated carbocycles. The summed E-state index contributed by atoms with van der Waals surface area (Å²) in [5.41, 5.74) is 1.85. The Morgan fingerprint density at radius 2 is 2.18 bits per heavy atom. The third-order valence-electron chi connectivity index (χ3n) is 4.24. The van der Waals surface area contributed by atoms with Crippen molar-refractivity contribution in [1.82, 2.24) is 5.32 Å². The van der Waals surface area contributed by atoms with Gasteiger partial charge in [-0.05, 0) is 24.6 Å². The molecule has 1 amide bonds. The van der Waals surface area contributed by atoms with Crippen LogP contribution in [0.2, 0.25) is 5.02 Å². The first-order valence-electron chi connectivity index (χ1n) is 8.87. The first-order chi connectivity index (χ1) is 13.6. The zero-order valence-electron chi connectivity index (χ0n) is 15.8. The topological polar surface area (TPSA) is 56.8 Å². The van der Waals surface area contributed by atoms with E-state index in [1.165, 1.54) is 6.26 Å². The van der Waals surface area contributed by atoms with Gasteiger partial charge in [-0.2, -0.15) is 0 Å². The number of methoxy groups -OCH3 is 1. The fraction of sp³-hybridized carbons (Fsp3) is 0.318. The van der Waals surface area contributed by atoms with Crippen molar-refractivity contribution in [2.24, 2.45) is 0 Å². The molecule has 2 rings (SSSR count). The van der Waals surface area contributed by atoms with Gasteiger partial charge in [0.15, 0.2) is 0 Å². The number of carbonyl (C=O) groups excluding carboxylic acids is 1. The predicted molar refractivity (Wildman–Crippen MR) is 109 cm³/mol. The molecule has 0 radical (unpaired) electrons. The Hall–Kier alpha value is -2.68. The van der Waals surface area contributed by atoms with Gasteiger partial charge in [-0.25, -0.2) is 0 Å². The van der Waals surface area contributed by atoms with Crippen LogP contribution in [0, 0.1) is 12.3 Å². The van der Waals surface area contributed by atoms with E-state index in [1.54, 1.807) is 31.4 Å². The first kappa shape index (κ1) is 21.6. The Bertz CT molecular complexity index is 777. The molecule has 1 aromatic rings. The van der Waals surface area contributed by atoms with E-state index in [0.29, 0.717) is 30.0 Å². The Labute approximate surface area is 171 Å². The van der Waals surface area contributed by atoms with Gasteiger partial charge in [0.25, 0.3) is 5.91 Å². The van der Waals surface area contributed by atoms with Crippen molar-refractivity contribution in [2.75, 3.05) is 20.3 Å². The van der Waals surface area contributed by atoms with E-state index in [9.17, 15) is 4.79 Å². The highest BCUT2D eigenvalue weighted by molar-refractivity contribution is 6.30. The molecule has 0 saturated heterocycles. The Kier molecular flexibility index (Phi) is 8.67. The smallest absolute Gasteiger partial charge is 0.265 e. The quantitative estimate of drug-likeness (QED) is 0.476. The van der Waals surface area contributed by atoms with Gasteiger partial charge >= 0.3 is 0 Å². The van der Waals surface area contributed by atoms with Crippen LogP contribution in [0.3, 0.4) is 0 Å². The first-order valence-corrected chi connectivity index (χ1v) is 9.25. The van der Waals surface area contributed by atoms with Crippen molar-refractivity contribution in [3.8, 4) is 12.3 Å². The molecule has 0 aliphatic heterocycles. The number of terminal acetylenes is 1. The maximum absolute atomic E-state index is 12.5. The number of ether oxygens (including phenoxy) is 3. The van der Waals surface area contributed by atoms with Crippen LogP contribution in [0.25, 0.3) is 0 Å². The molecular weight excluding hydrogens is 378 g/mol. The van der Waals surface area contributed by atoms with Crippen molar-refractivity contribution in [2.45, 2.75) is 25.0 Å². The SMILES string of the molecule is C#CCOC1=CC=C(CCNC(=O)C(OC=C)c2ccc(Cl)cc2)CC1OC. The zero-order chi connectivity index (χ0) is 20.4. The molecule has 2 atom stereocenters. The zero-order valence-corrected chi connectivity index (χ0v) is 16.6. The van der Waals surface area contributed by atoms with Gasteiger partial charge < -0.3 is 19.5 Å². The fourth-order valence-electron chi connectivity index (χ4n) is 2.83. The highest BCUT2D eigenvalue weighted by atomic mass is 35.5. The summed E-state index contributed by atoms with van der Waals surface area (Å²) in [5, 5.41) is 3.50. The van der Waals surface area contributed by atoms with Gasteiger partial charge in [-0.15, -0.1) is 6.42 Å². The molecule has 0 bridgehead atoms. The van der Waals surface area contributed by atoms with E-state index < -0.39 is 6.10 Å². The van der Waals surface area contributed by atoms with Gasteiger partial charge in [-0.1, -0.05) is 47.9 Å². The van der Waals surface area contributed by atoms with Crippen LogP contribution in [0.4, 0.5) is 0 Å². The lowest BCUT2D eigenvalue weighted by molar-refractivity contribution is -0.130. The molecule has 0 aromatic heterocycles. The van der Waals surface area contributed by atoms with Crippen molar-refractivity contribution in [3.05, 3.63) is 71.2 Å². The van der Waals surface area contributed by atoms with E-state index >= 15 is 0 Å². The number of halogens is 1. The van der Waals surface area contributed by atoms with Crippen LogP contribution in [0.1, 0.15) is 24.5 Å². The summed E-state index contributed by atoms with van der Waals surface area (Å²) in [4.78, 5) is 12.5. The predicted octanol–water partition coefficient (Wildman–Crippen LogP) is 3.93. The minimum absolute atomic E-state index is 0.171. The summed E-state index contributed by atoms with van der Waals surface area (Å²) < 4.78 is 16.3. The van der Waals surface area contributed by atoms with Gasteiger partial charge in [0.1, 0.15) is 18.5 Å². The minimum Gasteiger partial charge on any atom is -0.484 e. The molecular formula is C22H24ClNO4. The highest BCUT2D eigenvalue weighted by Gasteiger charge is 2.23. The number of hydrogen-bond donors (Lipinski definition) is 1. The molecule has 6 heteroatoms. The lowest BCUT2D eigenvalue weighted by Crippen LogP contribution is -2.31. The lowest BCUT2D eigenvalue weighted by Gasteiger charge is -2.23. The average Bonchev–Trinajstić information content (AvgIpc) is 2.71. The van der Waals surface area contributed by atoms with Gasteiger partial charge in [0, 0.05) is 30.7 Å². The Morgan fingerprint density at radius 3 is 2.82 bits per heavy atom. The maximum atomic E-state index is 12.5. The van der Waals surface area contributed by atoms with Gasteiger partial charge in [0.05, 0.1) is 6.26 Å². The second-order valence-corrected chi connectivity index (χ2v) is 6.53. The monoisotopic (exact) mass is 401 g/mol. The third kappa shape index (κ3) is 6.19. The minimum atomic E-state index is -0.773. The molecule has 148 valence electrons. The molecule has 28 heavy (non-hydrogen) atoms. The molecule has 1 aromatic carbocycles. The van der Waals surface area contributed by atoms with Crippen molar-refractivity contribution >= 4 is 17.5 Å². The van der Waals surface area contributed by atoms with Crippen molar-refractivity contribution in [1.29, 1.82) is 0 Å². The Morgan fingerprint density at radius 1 is 1.43 bits per heavy atom. The largest absolute Gasteiger partial charge is 0.484 e. The summed E-state index contributed by atoms with van der Waals surface area (Å²) >= 11 is 5.90. The highest BCUT2D eigenvalue weighted by Crippen LogP contribution is 2.24. The second-order valence-electron chi connectivity index (χ2n) is 6.09. The summed E-state index contributed by atoms with van der Waals surface area (Å²) in [6, 6.07) is 6.94. The number of carbonyl (C=O) groups is 1. The summed E-state index contributed by atoms with van der Waals surface area (Å²) in [5.74, 6) is 2.92. The normalized spacial score (nSPS) is 16.8. The molecule has 1 N–H and O–H groups in total. The van der Waals surface area contributed by atoms with E-state index in [1.807, 2.05) is 12.2 Å². The van der Waals surface area contributed by atoms with Crippen LogP contribution in [-0.4, -0.2) is 32.3 Å². The number of amides is 1. The standard InChI is InChI=1S/C22H24ClNO4/c1-4-14-28-19-11-6-16(15-20(19)26-3)12-13-24-22(25)21(27-5-2)17-7-9-18(23)10-8-17/h1,5-11,20-21H,2,12-15H2,3H3,(H,24,25). The second kappa shape index (κ2) is 11.2. The van der Waals surface area contributed by atoms with Crippen LogP contribution >= 0.6 is 11.6 Å².